The van der Waals surface area contributed by atoms with Crippen molar-refractivity contribution in [3.8, 4) is 0 Å². The molecule has 2 rings (SSSR count). The van der Waals surface area contributed by atoms with Crippen LogP contribution in [0.1, 0.15) is 22.8 Å². The summed E-state index contributed by atoms with van der Waals surface area (Å²) in [5, 5.41) is 0. The van der Waals surface area contributed by atoms with Gasteiger partial charge in [-0.3, -0.25) is 4.79 Å². The Hall–Kier alpha value is -1.80. The third-order valence-electron chi connectivity index (χ3n) is 2.70. The lowest BCUT2D eigenvalue weighted by molar-refractivity contribution is 0.103. The highest BCUT2D eigenvalue weighted by atomic mass is 32.1. The summed E-state index contributed by atoms with van der Waals surface area (Å²) in [6, 6.07) is 17.0. The van der Waals surface area contributed by atoms with E-state index in [1.165, 1.54) is 0 Å². The molecule has 0 N–H and O–H groups in total. The minimum absolute atomic E-state index is 0.0483. The molecule has 90 valence electrons. The SMILES string of the molecule is C/C(=C\c1ccccc1S)C(=O)c1ccccc1. The first kappa shape index (κ1) is 12.7. The molecular weight excluding hydrogens is 240 g/mol. The fraction of sp³-hybridized carbons (Fsp3) is 0.0625. The van der Waals surface area contributed by atoms with E-state index in [1.54, 1.807) is 0 Å². The van der Waals surface area contributed by atoms with E-state index in [1.807, 2.05) is 67.6 Å². The lowest BCUT2D eigenvalue weighted by Gasteiger charge is -2.03. The summed E-state index contributed by atoms with van der Waals surface area (Å²) in [4.78, 5) is 13.0. The van der Waals surface area contributed by atoms with Gasteiger partial charge in [-0.05, 0) is 30.2 Å². The third-order valence-corrected chi connectivity index (χ3v) is 3.11. The standard InChI is InChI=1S/C16H14OS/c1-12(11-14-9-5-6-10-15(14)18)16(17)13-7-3-2-4-8-13/h2-11,18H,1H3/b12-11+. The third kappa shape index (κ3) is 2.90. The molecule has 0 atom stereocenters. The molecule has 0 bridgehead atoms. The van der Waals surface area contributed by atoms with Crippen molar-refractivity contribution in [3.05, 3.63) is 71.3 Å². The van der Waals surface area contributed by atoms with E-state index >= 15 is 0 Å². The number of carbonyl (C=O) groups is 1. The van der Waals surface area contributed by atoms with Crippen LogP contribution in [0.4, 0.5) is 0 Å². The minimum Gasteiger partial charge on any atom is -0.289 e. The predicted octanol–water partition coefficient (Wildman–Crippen LogP) is 4.26. The van der Waals surface area contributed by atoms with Crippen LogP contribution in [0.2, 0.25) is 0 Å². The summed E-state index contributed by atoms with van der Waals surface area (Å²) in [7, 11) is 0. The molecular formula is C16H14OS. The summed E-state index contributed by atoms with van der Waals surface area (Å²) in [6.45, 7) is 1.83. The van der Waals surface area contributed by atoms with Crippen LogP contribution in [-0.2, 0) is 0 Å². The molecule has 0 fully saturated rings. The van der Waals surface area contributed by atoms with Crippen molar-refractivity contribution in [2.24, 2.45) is 0 Å². The highest BCUT2D eigenvalue weighted by molar-refractivity contribution is 7.80. The number of Topliss-reactive ketones (excluding diaryl/α,β-unsaturated/α-hetero) is 1. The highest BCUT2D eigenvalue weighted by Gasteiger charge is 2.07. The van der Waals surface area contributed by atoms with E-state index in [0.717, 1.165) is 10.5 Å². The number of carbonyl (C=O) groups excluding carboxylic acids is 1. The second-order valence-electron chi connectivity index (χ2n) is 4.08. The van der Waals surface area contributed by atoms with Crippen molar-refractivity contribution >= 4 is 24.5 Å². The van der Waals surface area contributed by atoms with Crippen molar-refractivity contribution in [3.63, 3.8) is 0 Å². The average molecular weight is 254 g/mol. The monoisotopic (exact) mass is 254 g/mol. The van der Waals surface area contributed by atoms with Gasteiger partial charge in [0, 0.05) is 10.5 Å². The Bertz CT molecular complexity index is 585. The molecule has 0 saturated carbocycles. The van der Waals surface area contributed by atoms with Gasteiger partial charge in [0.25, 0.3) is 0 Å². The summed E-state index contributed by atoms with van der Waals surface area (Å²) >= 11 is 4.37. The molecule has 2 heteroatoms. The smallest absolute Gasteiger partial charge is 0.188 e. The van der Waals surface area contributed by atoms with E-state index < -0.39 is 0 Å². The number of hydrogen-bond donors (Lipinski definition) is 1. The topological polar surface area (TPSA) is 17.1 Å². The van der Waals surface area contributed by atoms with E-state index in [0.29, 0.717) is 11.1 Å². The molecule has 0 spiro atoms. The van der Waals surface area contributed by atoms with Crippen LogP contribution < -0.4 is 0 Å². The van der Waals surface area contributed by atoms with E-state index in [9.17, 15) is 4.79 Å². The number of hydrogen-bond acceptors (Lipinski definition) is 2. The van der Waals surface area contributed by atoms with Crippen LogP contribution in [-0.4, -0.2) is 5.78 Å². The molecule has 0 saturated heterocycles. The average Bonchev–Trinajstić information content (AvgIpc) is 2.41. The van der Waals surface area contributed by atoms with Crippen molar-refractivity contribution < 1.29 is 4.79 Å². The second kappa shape index (κ2) is 5.69. The molecule has 2 aromatic carbocycles. The predicted molar refractivity (Wildman–Crippen MR) is 78.1 cm³/mol. The zero-order chi connectivity index (χ0) is 13.0. The zero-order valence-corrected chi connectivity index (χ0v) is 11.0. The first-order valence-corrected chi connectivity index (χ1v) is 6.19. The molecule has 0 aromatic heterocycles. The van der Waals surface area contributed by atoms with Gasteiger partial charge in [0.15, 0.2) is 5.78 Å². The van der Waals surface area contributed by atoms with Gasteiger partial charge in [-0.1, -0.05) is 48.5 Å². The van der Waals surface area contributed by atoms with Crippen molar-refractivity contribution in [2.45, 2.75) is 11.8 Å². The molecule has 0 radical (unpaired) electrons. The van der Waals surface area contributed by atoms with Gasteiger partial charge in [-0.25, -0.2) is 0 Å². The molecule has 0 aliphatic rings. The summed E-state index contributed by atoms with van der Waals surface area (Å²) in [5.41, 5.74) is 2.38. The Morgan fingerprint density at radius 3 is 2.28 bits per heavy atom. The Kier molecular flexibility index (Phi) is 4.00. The number of rotatable bonds is 3. The number of benzene rings is 2. The molecule has 1 nitrogen and oxygen atoms in total. The minimum atomic E-state index is 0.0483. The summed E-state index contributed by atoms with van der Waals surface area (Å²) in [6.07, 6.45) is 1.87. The van der Waals surface area contributed by atoms with Crippen LogP contribution in [0.5, 0.6) is 0 Å². The number of ketones is 1. The highest BCUT2D eigenvalue weighted by Crippen LogP contribution is 2.18. The van der Waals surface area contributed by atoms with E-state index in [2.05, 4.69) is 12.6 Å². The van der Waals surface area contributed by atoms with Gasteiger partial charge >= 0.3 is 0 Å². The maximum absolute atomic E-state index is 12.2. The largest absolute Gasteiger partial charge is 0.289 e. The first-order chi connectivity index (χ1) is 8.68. The Labute approximate surface area is 113 Å². The maximum atomic E-state index is 12.2. The van der Waals surface area contributed by atoms with Gasteiger partial charge < -0.3 is 0 Å². The first-order valence-electron chi connectivity index (χ1n) is 5.74. The zero-order valence-electron chi connectivity index (χ0n) is 10.1. The molecule has 0 aliphatic heterocycles. The molecule has 0 aliphatic carbocycles. The Morgan fingerprint density at radius 2 is 1.61 bits per heavy atom. The van der Waals surface area contributed by atoms with Gasteiger partial charge in [0.1, 0.15) is 0 Å². The second-order valence-corrected chi connectivity index (χ2v) is 4.56. The van der Waals surface area contributed by atoms with Gasteiger partial charge in [0.2, 0.25) is 0 Å². The fourth-order valence-electron chi connectivity index (χ4n) is 1.73. The Morgan fingerprint density at radius 1 is 1.00 bits per heavy atom. The number of allylic oxidation sites excluding steroid dienone is 1. The molecule has 0 heterocycles. The van der Waals surface area contributed by atoms with Crippen LogP contribution in [0.3, 0.4) is 0 Å². The normalized spacial score (nSPS) is 11.3. The summed E-state index contributed by atoms with van der Waals surface area (Å²) in [5.74, 6) is 0.0483. The molecule has 0 amide bonds. The maximum Gasteiger partial charge on any atom is 0.188 e. The van der Waals surface area contributed by atoms with Crippen molar-refractivity contribution in [1.29, 1.82) is 0 Å². The van der Waals surface area contributed by atoms with Crippen LogP contribution in [0, 0.1) is 0 Å². The number of thiol groups is 1. The lowest BCUT2D eigenvalue weighted by Crippen LogP contribution is -2.00. The van der Waals surface area contributed by atoms with E-state index in [4.69, 9.17) is 0 Å². The summed E-state index contributed by atoms with van der Waals surface area (Å²) < 4.78 is 0. The fourth-order valence-corrected chi connectivity index (χ4v) is 1.95. The van der Waals surface area contributed by atoms with Gasteiger partial charge in [-0.2, -0.15) is 0 Å². The molecule has 18 heavy (non-hydrogen) atoms. The lowest BCUT2D eigenvalue weighted by atomic mass is 10.0. The van der Waals surface area contributed by atoms with Gasteiger partial charge in [-0.15, -0.1) is 12.6 Å². The Balaban J connectivity index is 2.30. The van der Waals surface area contributed by atoms with E-state index in [-0.39, 0.29) is 5.78 Å². The van der Waals surface area contributed by atoms with Crippen LogP contribution in [0.15, 0.2) is 65.1 Å². The van der Waals surface area contributed by atoms with Crippen molar-refractivity contribution in [1.82, 2.24) is 0 Å². The van der Waals surface area contributed by atoms with Crippen LogP contribution in [0.25, 0.3) is 6.08 Å². The molecule has 2 aromatic rings. The quantitative estimate of drug-likeness (QED) is 0.492. The molecule has 0 unspecified atom stereocenters. The van der Waals surface area contributed by atoms with Crippen LogP contribution >= 0.6 is 12.6 Å². The van der Waals surface area contributed by atoms with Crippen molar-refractivity contribution in [2.75, 3.05) is 0 Å². The van der Waals surface area contributed by atoms with Gasteiger partial charge in [0.05, 0.1) is 0 Å².